The number of rotatable bonds is 5. The topological polar surface area (TPSA) is 37.4 Å². The van der Waals surface area contributed by atoms with E-state index in [9.17, 15) is 14.0 Å². The zero-order valence-corrected chi connectivity index (χ0v) is 14.1. The Morgan fingerprint density at radius 1 is 1.12 bits per heavy atom. The zero-order valence-electron chi connectivity index (χ0n) is 12.6. The molecule has 1 amide bonds. The van der Waals surface area contributed by atoms with Crippen molar-refractivity contribution in [1.82, 2.24) is 0 Å². The lowest BCUT2D eigenvalue weighted by atomic mass is 10.1. The molecule has 0 aromatic heterocycles. The molecule has 1 fully saturated rings. The van der Waals surface area contributed by atoms with Gasteiger partial charge in [0.2, 0.25) is 0 Å². The Bertz CT molecular complexity index is 788. The van der Waals surface area contributed by atoms with E-state index in [1.165, 1.54) is 23.1 Å². The summed E-state index contributed by atoms with van der Waals surface area (Å²) in [4.78, 5) is 25.6. The highest BCUT2D eigenvalue weighted by Gasteiger charge is 2.30. The van der Waals surface area contributed by atoms with Crippen molar-refractivity contribution in [2.24, 2.45) is 5.92 Å². The molecule has 1 aliphatic carbocycles. The molecule has 0 radical (unpaired) electrons. The molecule has 124 valence electrons. The number of hydrogen-bond donors (Lipinski definition) is 0. The van der Waals surface area contributed by atoms with Gasteiger partial charge in [0.25, 0.3) is 11.1 Å². The van der Waals surface area contributed by atoms with Gasteiger partial charge in [-0.1, -0.05) is 17.7 Å². The van der Waals surface area contributed by atoms with Crippen molar-refractivity contribution in [3.63, 3.8) is 0 Å². The van der Waals surface area contributed by atoms with E-state index in [2.05, 4.69) is 0 Å². The Morgan fingerprint density at radius 2 is 1.79 bits per heavy atom. The van der Waals surface area contributed by atoms with Crippen LogP contribution in [-0.2, 0) is 0 Å². The van der Waals surface area contributed by atoms with Gasteiger partial charge in [0.05, 0.1) is 11.3 Å². The average Bonchev–Trinajstić information content (AvgIpc) is 3.37. The maximum Gasteiger partial charge on any atom is 0.258 e. The van der Waals surface area contributed by atoms with Crippen LogP contribution < -0.4 is 4.90 Å². The standard InChI is InChI=1S/C18H14Cl2FNO2/c19-13-8-6-12(7-9-13)18(24)22(10-11-4-5-11)15-3-1-2-14(16(15)21)17(20)23/h1-3,6-9,11H,4-5,10H2. The molecule has 2 aromatic rings. The van der Waals surface area contributed by atoms with Crippen molar-refractivity contribution < 1.29 is 14.0 Å². The summed E-state index contributed by atoms with van der Waals surface area (Å²) < 4.78 is 14.7. The van der Waals surface area contributed by atoms with E-state index in [4.69, 9.17) is 23.2 Å². The summed E-state index contributed by atoms with van der Waals surface area (Å²) in [6, 6.07) is 10.7. The summed E-state index contributed by atoms with van der Waals surface area (Å²) in [5.74, 6) is -0.770. The number of benzene rings is 2. The lowest BCUT2D eigenvalue weighted by Gasteiger charge is -2.24. The highest BCUT2D eigenvalue weighted by Crippen LogP contribution is 2.34. The van der Waals surface area contributed by atoms with Crippen LogP contribution in [0.3, 0.4) is 0 Å². The second-order valence-electron chi connectivity index (χ2n) is 5.78. The predicted molar refractivity (Wildman–Crippen MR) is 92.4 cm³/mol. The van der Waals surface area contributed by atoms with E-state index < -0.39 is 11.1 Å². The molecule has 2 aromatic carbocycles. The first kappa shape index (κ1) is 16.9. The molecular weight excluding hydrogens is 352 g/mol. The molecule has 0 atom stereocenters. The van der Waals surface area contributed by atoms with Gasteiger partial charge in [-0.25, -0.2) is 4.39 Å². The average molecular weight is 366 g/mol. The molecule has 0 saturated heterocycles. The third kappa shape index (κ3) is 3.60. The van der Waals surface area contributed by atoms with Gasteiger partial charge in [-0.3, -0.25) is 9.59 Å². The smallest absolute Gasteiger partial charge is 0.258 e. The van der Waals surface area contributed by atoms with Crippen LogP contribution in [0.25, 0.3) is 0 Å². The number of halogens is 3. The van der Waals surface area contributed by atoms with Gasteiger partial charge < -0.3 is 4.90 Å². The minimum atomic E-state index is -0.889. The molecule has 0 aliphatic heterocycles. The Kier molecular flexibility index (Phi) is 4.88. The van der Waals surface area contributed by atoms with Crippen molar-refractivity contribution in [1.29, 1.82) is 0 Å². The molecule has 3 rings (SSSR count). The van der Waals surface area contributed by atoms with Crippen LogP contribution in [0.15, 0.2) is 42.5 Å². The van der Waals surface area contributed by atoms with Gasteiger partial charge in [-0.15, -0.1) is 0 Å². The molecule has 1 aliphatic rings. The Hall–Kier alpha value is -1.91. The summed E-state index contributed by atoms with van der Waals surface area (Å²) in [5, 5.41) is -0.374. The SMILES string of the molecule is O=C(Cl)c1cccc(N(CC2CC2)C(=O)c2ccc(Cl)cc2)c1F. The molecule has 6 heteroatoms. The number of amides is 1. The lowest BCUT2D eigenvalue weighted by Crippen LogP contribution is -2.34. The first-order chi connectivity index (χ1) is 11.5. The van der Waals surface area contributed by atoms with Crippen molar-refractivity contribution >= 4 is 40.0 Å². The van der Waals surface area contributed by atoms with Gasteiger partial charge in [0.1, 0.15) is 0 Å². The number of carbonyl (C=O) groups excluding carboxylic acids is 2. The molecule has 0 N–H and O–H groups in total. The number of carbonyl (C=O) groups is 2. The first-order valence-electron chi connectivity index (χ1n) is 7.53. The van der Waals surface area contributed by atoms with Gasteiger partial charge >= 0.3 is 0 Å². The minimum absolute atomic E-state index is 0.0633. The highest BCUT2D eigenvalue weighted by molar-refractivity contribution is 6.67. The molecule has 0 spiro atoms. The maximum atomic E-state index is 14.7. The highest BCUT2D eigenvalue weighted by atomic mass is 35.5. The van der Waals surface area contributed by atoms with Crippen LogP contribution in [0.5, 0.6) is 0 Å². The van der Waals surface area contributed by atoms with Crippen LogP contribution in [0, 0.1) is 11.7 Å². The summed E-state index contributed by atoms with van der Waals surface area (Å²) in [7, 11) is 0. The van der Waals surface area contributed by atoms with Crippen LogP contribution in [0.2, 0.25) is 5.02 Å². The van der Waals surface area contributed by atoms with E-state index >= 15 is 0 Å². The third-order valence-corrected chi connectivity index (χ3v) is 4.41. The monoisotopic (exact) mass is 365 g/mol. The van der Waals surface area contributed by atoms with Gasteiger partial charge in [-0.2, -0.15) is 0 Å². The largest absolute Gasteiger partial charge is 0.305 e. The maximum absolute atomic E-state index is 14.7. The quantitative estimate of drug-likeness (QED) is 0.705. The molecule has 24 heavy (non-hydrogen) atoms. The molecule has 3 nitrogen and oxygen atoms in total. The van der Waals surface area contributed by atoms with E-state index in [0.29, 0.717) is 23.0 Å². The first-order valence-corrected chi connectivity index (χ1v) is 8.28. The predicted octanol–water partition coefficient (Wildman–Crippen LogP) is 4.91. The van der Waals surface area contributed by atoms with Crippen molar-refractivity contribution in [2.45, 2.75) is 12.8 Å². The molecule has 0 unspecified atom stereocenters. The molecule has 0 bridgehead atoms. The van der Waals surface area contributed by atoms with Crippen molar-refractivity contribution in [2.75, 3.05) is 11.4 Å². The summed E-state index contributed by atoms with van der Waals surface area (Å²) in [6.07, 6.45) is 2.00. The van der Waals surface area contributed by atoms with Crippen molar-refractivity contribution in [3.05, 3.63) is 64.4 Å². The summed E-state index contributed by atoms with van der Waals surface area (Å²) in [6.45, 7) is 0.401. The fourth-order valence-electron chi connectivity index (χ4n) is 2.48. The fraction of sp³-hybridized carbons (Fsp3) is 0.222. The van der Waals surface area contributed by atoms with Gasteiger partial charge in [0, 0.05) is 17.1 Å². The fourth-order valence-corrected chi connectivity index (χ4v) is 2.75. The zero-order chi connectivity index (χ0) is 17.3. The van der Waals surface area contributed by atoms with Crippen LogP contribution >= 0.6 is 23.2 Å². The van der Waals surface area contributed by atoms with E-state index in [0.717, 1.165) is 12.8 Å². The van der Waals surface area contributed by atoms with E-state index in [1.807, 2.05) is 0 Å². The van der Waals surface area contributed by atoms with Crippen LogP contribution in [-0.4, -0.2) is 17.7 Å². The third-order valence-electron chi connectivity index (χ3n) is 3.95. The Morgan fingerprint density at radius 3 is 2.38 bits per heavy atom. The van der Waals surface area contributed by atoms with Crippen molar-refractivity contribution in [3.8, 4) is 0 Å². The summed E-state index contributed by atoms with van der Waals surface area (Å²) >= 11 is 11.3. The molecule has 0 heterocycles. The normalized spacial score (nSPS) is 13.6. The molecule has 1 saturated carbocycles. The van der Waals surface area contributed by atoms with E-state index in [-0.39, 0.29) is 17.2 Å². The summed E-state index contributed by atoms with van der Waals surface area (Å²) in [5.41, 5.74) is 0.231. The van der Waals surface area contributed by atoms with Gasteiger partial charge in [-0.05, 0) is 66.8 Å². The van der Waals surface area contributed by atoms with Crippen LogP contribution in [0.4, 0.5) is 10.1 Å². The minimum Gasteiger partial charge on any atom is -0.305 e. The number of anilines is 1. The molecular formula is C18H14Cl2FNO2. The Labute approximate surface area is 149 Å². The number of nitrogens with zero attached hydrogens (tertiary/aromatic N) is 1. The van der Waals surface area contributed by atoms with Crippen LogP contribution in [0.1, 0.15) is 33.6 Å². The van der Waals surface area contributed by atoms with Gasteiger partial charge in [0.15, 0.2) is 5.82 Å². The Balaban J connectivity index is 2.00. The number of hydrogen-bond acceptors (Lipinski definition) is 2. The second kappa shape index (κ2) is 6.91. The lowest BCUT2D eigenvalue weighted by molar-refractivity contribution is 0.0983. The van der Waals surface area contributed by atoms with E-state index in [1.54, 1.807) is 24.3 Å². The second-order valence-corrected chi connectivity index (χ2v) is 6.56.